The number of rotatable bonds is 8. The maximum atomic E-state index is 15.8. The van der Waals surface area contributed by atoms with Crippen molar-refractivity contribution < 1.29 is 18.6 Å². The Hall–Kier alpha value is -3.84. The molecule has 5 rings (SSSR count). The van der Waals surface area contributed by atoms with E-state index in [4.69, 9.17) is 9.47 Å². The van der Waals surface area contributed by atoms with E-state index < -0.39 is 14.3 Å². The zero-order valence-corrected chi connectivity index (χ0v) is 23.0. The van der Waals surface area contributed by atoms with Gasteiger partial charge in [0.05, 0.1) is 24.8 Å². The summed E-state index contributed by atoms with van der Waals surface area (Å²) in [6.45, 7) is 0. The molecule has 0 atom stereocenters. The van der Waals surface area contributed by atoms with Crippen LogP contribution in [-0.2, 0) is 9.13 Å². The van der Waals surface area contributed by atoms with Crippen molar-refractivity contribution in [1.82, 2.24) is 0 Å². The predicted octanol–water partition coefficient (Wildman–Crippen LogP) is 4.98. The molecule has 0 unspecified atom stereocenters. The second-order valence-electron chi connectivity index (χ2n) is 8.72. The fraction of sp³-hybridized carbons (Fsp3) is 0.0625. The van der Waals surface area contributed by atoms with Gasteiger partial charge in [-0.05, 0) is 24.3 Å². The van der Waals surface area contributed by atoms with Crippen LogP contribution in [0.2, 0.25) is 0 Å². The first-order chi connectivity index (χ1) is 18.5. The van der Waals surface area contributed by atoms with Crippen molar-refractivity contribution in [2.75, 3.05) is 14.2 Å². The van der Waals surface area contributed by atoms with Crippen molar-refractivity contribution in [2.24, 2.45) is 0 Å². The van der Waals surface area contributed by atoms with Crippen LogP contribution in [0, 0.1) is 0 Å². The Labute approximate surface area is 223 Å². The highest BCUT2D eigenvalue weighted by Gasteiger charge is 2.41. The van der Waals surface area contributed by atoms with Crippen molar-refractivity contribution >= 4 is 46.1 Å². The van der Waals surface area contributed by atoms with E-state index in [1.807, 2.05) is 121 Å². The van der Waals surface area contributed by atoms with Gasteiger partial charge >= 0.3 is 0 Å². The van der Waals surface area contributed by atoms with Crippen LogP contribution in [-0.4, -0.2) is 14.2 Å². The normalized spacial score (nSPS) is 11.6. The van der Waals surface area contributed by atoms with Gasteiger partial charge in [0.25, 0.3) is 0 Å². The predicted molar refractivity (Wildman–Crippen MR) is 158 cm³/mol. The van der Waals surface area contributed by atoms with Gasteiger partial charge in [-0.1, -0.05) is 109 Å². The zero-order chi connectivity index (χ0) is 26.6. The molecular weight excluding hydrogens is 510 g/mol. The molecule has 0 aliphatic carbocycles. The van der Waals surface area contributed by atoms with Gasteiger partial charge < -0.3 is 18.6 Å². The topological polar surface area (TPSA) is 52.6 Å². The quantitative estimate of drug-likeness (QED) is 0.262. The standard InChI is InChI=1S/C32H28O4P2/c1-35-27-19-9-11-21-29(27)38(34,30-22-12-10-20-28(30)36-2)32-24-14-13-23-31(32)37(33,25-15-5-3-6-16-25)26-17-7-4-8-18-26/h3-24H,1-2H3. The molecule has 5 aromatic carbocycles. The van der Waals surface area contributed by atoms with Crippen molar-refractivity contribution in [3.63, 3.8) is 0 Å². The molecule has 0 amide bonds. The molecule has 38 heavy (non-hydrogen) atoms. The van der Waals surface area contributed by atoms with E-state index in [9.17, 15) is 0 Å². The van der Waals surface area contributed by atoms with Crippen molar-refractivity contribution in [3.8, 4) is 11.5 Å². The first kappa shape index (κ1) is 25.8. The van der Waals surface area contributed by atoms with Crippen LogP contribution in [0.25, 0.3) is 0 Å². The average molecular weight is 539 g/mol. The first-order valence-electron chi connectivity index (χ1n) is 12.2. The third-order valence-corrected chi connectivity index (χ3v) is 13.1. The minimum absolute atomic E-state index is 0.491. The Kier molecular flexibility index (Phi) is 7.38. The Morgan fingerprint density at radius 1 is 0.395 bits per heavy atom. The molecule has 0 fully saturated rings. The lowest BCUT2D eigenvalue weighted by molar-refractivity contribution is 0.416. The number of para-hydroxylation sites is 2. The van der Waals surface area contributed by atoms with Gasteiger partial charge in [0.15, 0.2) is 14.3 Å². The minimum Gasteiger partial charge on any atom is -0.496 e. The van der Waals surface area contributed by atoms with E-state index in [0.717, 1.165) is 0 Å². The van der Waals surface area contributed by atoms with Gasteiger partial charge in [0.2, 0.25) is 0 Å². The molecule has 6 heteroatoms. The second-order valence-corrected chi connectivity index (χ2v) is 14.1. The molecular formula is C32H28O4P2. The molecule has 0 bridgehead atoms. The number of benzene rings is 5. The number of hydrogen-bond acceptors (Lipinski definition) is 4. The van der Waals surface area contributed by atoms with Crippen LogP contribution in [0.3, 0.4) is 0 Å². The summed E-state index contributed by atoms with van der Waals surface area (Å²) in [5, 5.41) is 3.40. The molecule has 4 nitrogen and oxygen atoms in total. The number of ether oxygens (including phenoxy) is 2. The van der Waals surface area contributed by atoms with Gasteiger partial charge in [0.1, 0.15) is 11.5 Å². The van der Waals surface area contributed by atoms with Crippen LogP contribution in [0.15, 0.2) is 133 Å². The molecule has 5 aromatic rings. The summed E-state index contributed by atoms with van der Waals surface area (Å²) in [4.78, 5) is 0. The van der Waals surface area contributed by atoms with Crippen LogP contribution in [0.1, 0.15) is 0 Å². The molecule has 0 aliphatic heterocycles. The maximum Gasteiger partial charge on any atom is 0.179 e. The van der Waals surface area contributed by atoms with E-state index >= 15 is 9.13 Å². The van der Waals surface area contributed by atoms with E-state index in [-0.39, 0.29) is 0 Å². The fourth-order valence-corrected chi connectivity index (χ4v) is 11.5. The van der Waals surface area contributed by atoms with Gasteiger partial charge in [-0.15, -0.1) is 0 Å². The van der Waals surface area contributed by atoms with Crippen LogP contribution in [0.5, 0.6) is 11.5 Å². The highest BCUT2D eigenvalue weighted by Crippen LogP contribution is 2.51. The summed E-state index contributed by atoms with van der Waals surface area (Å²) in [6.07, 6.45) is 0. The number of hydrogen-bond donors (Lipinski definition) is 0. The largest absolute Gasteiger partial charge is 0.496 e. The molecule has 0 aliphatic rings. The molecule has 0 radical (unpaired) electrons. The molecule has 0 saturated carbocycles. The van der Waals surface area contributed by atoms with Crippen molar-refractivity contribution in [3.05, 3.63) is 133 Å². The van der Waals surface area contributed by atoms with E-state index in [0.29, 0.717) is 43.3 Å². The van der Waals surface area contributed by atoms with E-state index in [1.54, 1.807) is 26.4 Å². The summed E-state index contributed by atoms with van der Waals surface area (Å²) in [5.74, 6) is 0.983. The van der Waals surface area contributed by atoms with Gasteiger partial charge in [-0.2, -0.15) is 0 Å². The Balaban J connectivity index is 1.92. The molecule has 0 aromatic heterocycles. The van der Waals surface area contributed by atoms with Crippen molar-refractivity contribution in [1.29, 1.82) is 0 Å². The van der Waals surface area contributed by atoms with Crippen molar-refractivity contribution in [2.45, 2.75) is 0 Å². The highest BCUT2D eigenvalue weighted by atomic mass is 31.2. The first-order valence-corrected chi connectivity index (χ1v) is 15.6. The minimum atomic E-state index is -3.68. The molecule has 0 spiro atoms. The van der Waals surface area contributed by atoms with Gasteiger partial charge in [-0.25, -0.2) is 0 Å². The highest BCUT2D eigenvalue weighted by molar-refractivity contribution is 7.91. The molecule has 0 heterocycles. The third-order valence-electron chi connectivity index (χ3n) is 6.65. The van der Waals surface area contributed by atoms with Crippen LogP contribution >= 0.6 is 14.3 Å². The summed E-state index contributed by atoms with van der Waals surface area (Å²) in [7, 11) is -4.00. The SMILES string of the molecule is COc1ccccc1P(=O)(c1ccccc1OC)c1ccccc1P(=O)(c1ccccc1)c1ccccc1. The summed E-state index contributed by atoms with van der Waals surface area (Å²) in [5.41, 5.74) is 0. The molecule has 190 valence electrons. The smallest absolute Gasteiger partial charge is 0.179 e. The Morgan fingerprint density at radius 2 is 0.711 bits per heavy atom. The summed E-state index contributed by atoms with van der Waals surface area (Å²) < 4.78 is 42.7. The second kappa shape index (κ2) is 10.9. The monoisotopic (exact) mass is 538 g/mol. The third kappa shape index (κ3) is 4.31. The maximum absolute atomic E-state index is 15.8. The Morgan fingerprint density at radius 3 is 1.11 bits per heavy atom. The summed E-state index contributed by atoms with van der Waals surface area (Å²) >= 11 is 0. The number of methoxy groups -OCH3 is 2. The molecule has 0 saturated heterocycles. The van der Waals surface area contributed by atoms with Gasteiger partial charge in [-0.3, -0.25) is 0 Å². The van der Waals surface area contributed by atoms with Crippen LogP contribution in [0.4, 0.5) is 0 Å². The lowest BCUT2D eigenvalue weighted by Crippen LogP contribution is -2.39. The van der Waals surface area contributed by atoms with Gasteiger partial charge in [0, 0.05) is 21.2 Å². The fourth-order valence-electron chi connectivity index (χ4n) is 4.87. The Bertz CT molecular complexity index is 1550. The lowest BCUT2D eigenvalue weighted by Gasteiger charge is -2.29. The molecule has 0 N–H and O–H groups in total. The lowest BCUT2D eigenvalue weighted by atomic mass is 10.3. The van der Waals surface area contributed by atoms with Crippen LogP contribution < -0.4 is 41.3 Å². The zero-order valence-electron chi connectivity index (χ0n) is 21.2. The van der Waals surface area contributed by atoms with E-state index in [1.165, 1.54) is 0 Å². The average Bonchev–Trinajstić information content (AvgIpc) is 3.01. The summed E-state index contributed by atoms with van der Waals surface area (Å²) in [6, 6.07) is 40.8. The van der Waals surface area contributed by atoms with E-state index in [2.05, 4.69) is 0 Å².